The number of hydrogen-bond donors (Lipinski definition) is 0. The maximum atomic E-state index is 12.8. The van der Waals surface area contributed by atoms with Gasteiger partial charge in [-0.15, -0.1) is 11.3 Å². The number of nitrogens with zero attached hydrogens (tertiary/aromatic N) is 1. The van der Waals surface area contributed by atoms with Gasteiger partial charge in [-0.2, -0.15) is 13.2 Å². The van der Waals surface area contributed by atoms with Gasteiger partial charge in [0.25, 0.3) is 0 Å². The number of aromatic nitrogens is 1. The molecule has 100 valence electrons. The molecule has 0 aliphatic rings. The second kappa shape index (κ2) is 5.00. The number of carbonyl (C=O) groups excluding carboxylic acids is 1. The minimum absolute atomic E-state index is 0.176. The lowest BCUT2D eigenvalue weighted by Crippen LogP contribution is -2.13. The number of thiophene rings is 1. The SMILES string of the molecule is COc1csc(C(=O)c2cnccc2C(F)(F)F)c1. The molecule has 0 saturated carbocycles. The van der Waals surface area contributed by atoms with Gasteiger partial charge in [-0.05, 0) is 6.07 Å². The summed E-state index contributed by atoms with van der Waals surface area (Å²) in [4.78, 5) is 15.8. The van der Waals surface area contributed by atoms with E-state index in [-0.39, 0.29) is 4.88 Å². The lowest BCUT2D eigenvalue weighted by Gasteiger charge is -2.10. The van der Waals surface area contributed by atoms with Crippen molar-refractivity contribution in [3.8, 4) is 5.75 Å². The molecule has 0 unspecified atom stereocenters. The van der Waals surface area contributed by atoms with E-state index in [9.17, 15) is 18.0 Å². The van der Waals surface area contributed by atoms with Crippen LogP contribution in [0.4, 0.5) is 13.2 Å². The van der Waals surface area contributed by atoms with Crippen molar-refractivity contribution in [2.75, 3.05) is 7.11 Å². The largest absolute Gasteiger partial charge is 0.496 e. The molecule has 7 heteroatoms. The predicted molar refractivity (Wildman–Crippen MR) is 63.5 cm³/mol. The van der Waals surface area contributed by atoms with Crippen molar-refractivity contribution in [3.05, 3.63) is 45.9 Å². The van der Waals surface area contributed by atoms with Crippen molar-refractivity contribution in [2.24, 2.45) is 0 Å². The van der Waals surface area contributed by atoms with E-state index in [0.29, 0.717) is 5.75 Å². The molecule has 0 saturated heterocycles. The number of pyridine rings is 1. The zero-order valence-electron chi connectivity index (χ0n) is 9.69. The van der Waals surface area contributed by atoms with E-state index in [1.54, 1.807) is 5.38 Å². The lowest BCUT2D eigenvalue weighted by molar-refractivity contribution is -0.137. The van der Waals surface area contributed by atoms with E-state index >= 15 is 0 Å². The third-order valence-corrected chi connectivity index (χ3v) is 3.31. The van der Waals surface area contributed by atoms with Crippen molar-refractivity contribution in [1.82, 2.24) is 4.98 Å². The van der Waals surface area contributed by atoms with Crippen LogP contribution in [0, 0.1) is 0 Å². The second-order valence-electron chi connectivity index (χ2n) is 3.60. The summed E-state index contributed by atoms with van der Waals surface area (Å²) in [5.74, 6) is -0.278. The predicted octanol–water partition coefficient (Wildman–Crippen LogP) is 3.40. The number of halogens is 3. The monoisotopic (exact) mass is 287 g/mol. The zero-order chi connectivity index (χ0) is 14.0. The van der Waals surface area contributed by atoms with Gasteiger partial charge in [0.1, 0.15) is 5.75 Å². The molecule has 19 heavy (non-hydrogen) atoms. The molecule has 2 aromatic heterocycles. The normalized spacial score (nSPS) is 11.4. The van der Waals surface area contributed by atoms with E-state index in [1.165, 1.54) is 13.2 Å². The van der Waals surface area contributed by atoms with Crippen LogP contribution in [0.25, 0.3) is 0 Å². The minimum Gasteiger partial charge on any atom is -0.496 e. The second-order valence-corrected chi connectivity index (χ2v) is 4.51. The number of rotatable bonds is 3. The van der Waals surface area contributed by atoms with Crippen LogP contribution >= 0.6 is 11.3 Å². The highest BCUT2D eigenvalue weighted by molar-refractivity contribution is 7.12. The number of alkyl halides is 3. The van der Waals surface area contributed by atoms with Gasteiger partial charge in [0, 0.05) is 23.8 Å². The molecular formula is C12H8F3NO2S. The molecule has 0 spiro atoms. The van der Waals surface area contributed by atoms with E-state index < -0.39 is 23.1 Å². The van der Waals surface area contributed by atoms with Gasteiger partial charge in [0.05, 0.1) is 23.1 Å². The summed E-state index contributed by atoms with van der Waals surface area (Å²) in [5, 5.41) is 1.55. The number of ether oxygens (including phenoxy) is 1. The number of hydrogen-bond acceptors (Lipinski definition) is 4. The van der Waals surface area contributed by atoms with Gasteiger partial charge in [-0.3, -0.25) is 9.78 Å². The maximum absolute atomic E-state index is 12.8. The fourth-order valence-electron chi connectivity index (χ4n) is 1.50. The van der Waals surface area contributed by atoms with Crippen LogP contribution in [-0.2, 0) is 6.18 Å². The van der Waals surface area contributed by atoms with E-state index in [4.69, 9.17) is 4.74 Å². The third kappa shape index (κ3) is 2.76. The molecule has 0 fully saturated rings. The standard InChI is InChI=1S/C12H8F3NO2S/c1-18-7-4-10(19-6-7)11(17)8-5-16-3-2-9(8)12(13,14)15/h2-6H,1H3. The highest BCUT2D eigenvalue weighted by Crippen LogP contribution is 2.33. The molecule has 0 N–H and O–H groups in total. The Morgan fingerprint density at radius 2 is 2.16 bits per heavy atom. The number of carbonyl (C=O) groups is 1. The first-order valence-electron chi connectivity index (χ1n) is 5.12. The van der Waals surface area contributed by atoms with Crippen LogP contribution in [0.3, 0.4) is 0 Å². The topological polar surface area (TPSA) is 39.2 Å². The molecule has 2 heterocycles. The highest BCUT2D eigenvalue weighted by Gasteiger charge is 2.35. The fraction of sp³-hybridized carbons (Fsp3) is 0.167. The van der Waals surface area contributed by atoms with Crippen LogP contribution in [-0.4, -0.2) is 17.9 Å². The summed E-state index contributed by atoms with van der Waals surface area (Å²) in [7, 11) is 1.42. The first kappa shape index (κ1) is 13.5. The molecule has 0 aliphatic carbocycles. The lowest BCUT2D eigenvalue weighted by atomic mass is 10.1. The van der Waals surface area contributed by atoms with E-state index in [1.807, 2.05) is 0 Å². The Balaban J connectivity index is 2.44. The zero-order valence-corrected chi connectivity index (χ0v) is 10.5. The molecule has 0 atom stereocenters. The maximum Gasteiger partial charge on any atom is 0.417 e. The Morgan fingerprint density at radius 3 is 2.74 bits per heavy atom. The Morgan fingerprint density at radius 1 is 1.42 bits per heavy atom. The van der Waals surface area contributed by atoms with Crippen LogP contribution in [0.1, 0.15) is 20.8 Å². The smallest absolute Gasteiger partial charge is 0.417 e. The molecule has 0 aliphatic heterocycles. The third-order valence-electron chi connectivity index (χ3n) is 2.41. The molecule has 0 aromatic carbocycles. The van der Waals surface area contributed by atoms with Crippen molar-refractivity contribution < 1.29 is 22.7 Å². The van der Waals surface area contributed by atoms with Crippen LogP contribution in [0.5, 0.6) is 5.75 Å². The Labute approximate surface area is 110 Å². The number of ketones is 1. The van der Waals surface area contributed by atoms with Crippen molar-refractivity contribution in [2.45, 2.75) is 6.18 Å². The minimum atomic E-state index is -4.59. The molecule has 3 nitrogen and oxygen atoms in total. The van der Waals surface area contributed by atoms with E-state index in [2.05, 4.69) is 4.98 Å². The van der Waals surface area contributed by atoms with Crippen molar-refractivity contribution in [3.63, 3.8) is 0 Å². The fourth-order valence-corrected chi connectivity index (χ4v) is 2.31. The van der Waals surface area contributed by atoms with Gasteiger partial charge in [0.15, 0.2) is 0 Å². The Hall–Kier alpha value is -1.89. The molecule has 0 bridgehead atoms. The van der Waals surface area contributed by atoms with Crippen molar-refractivity contribution in [1.29, 1.82) is 0 Å². The van der Waals surface area contributed by atoms with Gasteiger partial charge in [-0.25, -0.2) is 0 Å². The van der Waals surface area contributed by atoms with Gasteiger partial charge >= 0.3 is 6.18 Å². The average molecular weight is 287 g/mol. The number of methoxy groups -OCH3 is 1. The summed E-state index contributed by atoms with van der Waals surface area (Å²) >= 11 is 1.03. The van der Waals surface area contributed by atoms with Crippen LogP contribution in [0.15, 0.2) is 29.9 Å². The molecule has 2 rings (SSSR count). The summed E-state index contributed by atoms with van der Waals surface area (Å²) in [6, 6.07) is 2.19. The quantitative estimate of drug-likeness (QED) is 0.812. The summed E-state index contributed by atoms with van der Waals surface area (Å²) in [6.45, 7) is 0. The Kier molecular flexibility index (Phi) is 3.57. The van der Waals surface area contributed by atoms with Crippen LogP contribution < -0.4 is 4.74 Å². The summed E-state index contributed by atoms with van der Waals surface area (Å²) in [5.41, 5.74) is -1.45. The summed E-state index contributed by atoms with van der Waals surface area (Å²) in [6.07, 6.45) is -2.65. The first-order chi connectivity index (χ1) is 8.93. The average Bonchev–Trinajstić information content (AvgIpc) is 2.85. The van der Waals surface area contributed by atoms with Crippen LogP contribution in [0.2, 0.25) is 0 Å². The van der Waals surface area contributed by atoms with Gasteiger partial charge < -0.3 is 4.74 Å². The first-order valence-corrected chi connectivity index (χ1v) is 6.00. The van der Waals surface area contributed by atoms with Gasteiger partial charge in [-0.1, -0.05) is 0 Å². The molecular weight excluding hydrogens is 279 g/mol. The summed E-state index contributed by atoms with van der Waals surface area (Å²) < 4.78 is 43.3. The molecule has 0 amide bonds. The highest BCUT2D eigenvalue weighted by atomic mass is 32.1. The van der Waals surface area contributed by atoms with Gasteiger partial charge in [0.2, 0.25) is 5.78 Å². The Bertz CT molecular complexity index is 607. The molecule has 0 radical (unpaired) electrons. The van der Waals surface area contributed by atoms with E-state index in [0.717, 1.165) is 29.8 Å². The van der Waals surface area contributed by atoms with Crippen molar-refractivity contribution >= 4 is 17.1 Å². The molecule has 2 aromatic rings.